The van der Waals surface area contributed by atoms with Crippen LogP contribution in [-0.4, -0.2) is 10.0 Å². The van der Waals surface area contributed by atoms with Crippen molar-refractivity contribution in [2.24, 2.45) is 0 Å². The third-order valence-electron chi connectivity index (χ3n) is 2.65. The molecule has 0 spiro atoms. The number of nitrogens with zero attached hydrogens (tertiary/aromatic N) is 1. The molecule has 1 unspecified atom stereocenters. The Morgan fingerprint density at radius 1 is 1.45 bits per heavy atom. The lowest BCUT2D eigenvalue weighted by Crippen LogP contribution is -1.91. The van der Waals surface area contributed by atoms with Gasteiger partial charge < -0.3 is 9.84 Å². The zero-order valence-corrected chi connectivity index (χ0v) is 13.2. The number of aliphatic hydroxyl groups excluding tert-OH is 1. The molecule has 0 amide bonds. The van der Waals surface area contributed by atoms with E-state index in [1.165, 1.54) is 6.07 Å². The molecule has 0 saturated carbocycles. The van der Waals surface area contributed by atoms with Crippen molar-refractivity contribution in [1.29, 1.82) is 0 Å². The van der Waals surface area contributed by atoms with Crippen molar-refractivity contribution in [2.75, 3.05) is 0 Å². The van der Waals surface area contributed by atoms with Gasteiger partial charge in [0.15, 0.2) is 0 Å². The van der Waals surface area contributed by atoms with E-state index in [0.717, 1.165) is 21.4 Å². The lowest BCUT2D eigenvalue weighted by Gasteiger charge is -2.06. The molecule has 0 fully saturated rings. The zero-order valence-electron chi connectivity index (χ0n) is 10.8. The Bertz CT molecular complexity index is 654. The summed E-state index contributed by atoms with van der Waals surface area (Å²) in [6, 6.07) is 6.76. The average molecular weight is 358 g/mol. The minimum atomic E-state index is -0.762. The number of rotatable bonds is 4. The predicted molar refractivity (Wildman–Crippen MR) is 80.6 cm³/mol. The molecule has 0 aliphatic carbocycles. The molecule has 2 aromatic rings. The fourth-order valence-corrected chi connectivity index (χ4v) is 3.02. The van der Waals surface area contributed by atoms with Crippen LogP contribution in [0.4, 0.5) is 5.69 Å². The van der Waals surface area contributed by atoms with E-state index in [-0.39, 0.29) is 10.8 Å². The number of nitro groups is 1. The van der Waals surface area contributed by atoms with Gasteiger partial charge in [-0.25, -0.2) is 0 Å². The second-order valence-corrected chi connectivity index (χ2v) is 6.23. The Morgan fingerprint density at radius 3 is 2.70 bits per heavy atom. The first-order chi connectivity index (χ1) is 9.38. The van der Waals surface area contributed by atoms with E-state index in [2.05, 4.69) is 15.9 Å². The first-order valence-electron chi connectivity index (χ1n) is 5.78. The van der Waals surface area contributed by atoms with Gasteiger partial charge in [0.05, 0.1) is 11.0 Å². The number of halogens is 1. The highest BCUT2D eigenvalue weighted by Crippen LogP contribution is 2.42. The zero-order chi connectivity index (χ0) is 14.9. The highest BCUT2D eigenvalue weighted by molar-refractivity contribution is 9.10. The number of aliphatic hydroxyl groups is 1. The van der Waals surface area contributed by atoms with Crippen molar-refractivity contribution in [2.45, 2.75) is 20.0 Å². The molecule has 2 rings (SSSR count). The fraction of sp³-hybridized carbons (Fsp3) is 0.231. The van der Waals surface area contributed by atoms with Gasteiger partial charge in [-0.2, -0.15) is 0 Å². The van der Waals surface area contributed by atoms with Gasteiger partial charge in [0.25, 0.3) is 5.06 Å². The summed E-state index contributed by atoms with van der Waals surface area (Å²) in [4.78, 5) is 11.0. The molecule has 7 heteroatoms. The molecule has 0 radical (unpaired) electrons. The molecule has 1 aromatic heterocycles. The third-order valence-corrected chi connectivity index (χ3v) is 4.31. The molecule has 1 aromatic carbocycles. The van der Waals surface area contributed by atoms with Crippen LogP contribution in [0.2, 0.25) is 0 Å². The lowest BCUT2D eigenvalue weighted by atomic mass is 10.2. The van der Waals surface area contributed by atoms with Crippen molar-refractivity contribution in [3.8, 4) is 10.8 Å². The van der Waals surface area contributed by atoms with Gasteiger partial charge in [0.2, 0.25) is 0 Å². The van der Waals surface area contributed by atoms with Crippen LogP contribution in [0.1, 0.15) is 23.5 Å². The normalized spacial score (nSPS) is 12.2. The molecule has 1 heterocycles. The second kappa shape index (κ2) is 5.90. The molecule has 0 bridgehead atoms. The molecule has 0 aliphatic rings. The summed E-state index contributed by atoms with van der Waals surface area (Å²) in [6.45, 7) is 3.42. The maximum absolute atomic E-state index is 11.0. The quantitative estimate of drug-likeness (QED) is 0.642. The molecule has 5 nitrogen and oxygen atoms in total. The smallest absolute Gasteiger partial charge is 0.323 e. The summed E-state index contributed by atoms with van der Waals surface area (Å²) in [6.07, 6.45) is -0.762. The van der Waals surface area contributed by atoms with Crippen LogP contribution >= 0.6 is 27.3 Å². The summed E-state index contributed by atoms with van der Waals surface area (Å²) in [5, 5.41) is 20.7. The predicted octanol–water partition coefficient (Wildman–Crippen LogP) is 4.57. The number of aryl methyl sites for hydroxylation is 1. The summed E-state index contributed by atoms with van der Waals surface area (Å²) < 4.78 is 6.54. The van der Waals surface area contributed by atoms with Gasteiger partial charge >= 0.3 is 5.69 Å². The van der Waals surface area contributed by atoms with Gasteiger partial charge in [-0.1, -0.05) is 27.3 Å². The van der Waals surface area contributed by atoms with E-state index in [9.17, 15) is 15.2 Å². The van der Waals surface area contributed by atoms with Gasteiger partial charge in [-0.3, -0.25) is 10.1 Å². The highest BCUT2D eigenvalue weighted by Gasteiger charge is 2.23. The summed E-state index contributed by atoms with van der Waals surface area (Å²) in [7, 11) is 0. The van der Waals surface area contributed by atoms with Crippen molar-refractivity contribution < 1.29 is 14.8 Å². The molecule has 1 atom stereocenters. The minimum Gasteiger partial charge on any atom is -0.440 e. The van der Waals surface area contributed by atoms with Crippen LogP contribution in [0.25, 0.3) is 0 Å². The number of benzene rings is 1. The summed E-state index contributed by atoms with van der Waals surface area (Å²) >= 11 is 4.43. The van der Waals surface area contributed by atoms with Gasteiger partial charge in [0, 0.05) is 15.4 Å². The van der Waals surface area contributed by atoms with Crippen LogP contribution in [0, 0.1) is 17.0 Å². The van der Waals surface area contributed by atoms with E-state index in [0.29, 0.717) is 10.6 Å². The maximum atomic E-state index is 11.0. The molecule has 1 N–H and O–H groups in total. The van der Waals surface area contributed by atoms with E-state index < -0.39 is 11.0 Å². The number of hydrogen-bond acceptors (Lipinski definition) is 5. The van der Waals surface area contributed by atoms with E-state index >= 15 is 0 Å². The number of thiophene rings is 1. The Hall–Kier alpha value is -1.44. The molecular weight excluding hydrogens is 346 g/mol. The Labute approximate surface area is 128 Å². The van der Waals surface area contributed by atoms with Crippen molar-refractivity contribution in [1.82, 2.24) is 0 Å². The summed E-state index contributed by atoms with van der Waals surface area (Å²) in [5.41, 5.74) is 0.730. The van der Waals surface area contributed by atoms with E-state index in [4.69, 9.17) is 4.74 Å². The monoisotopic (exact) mass is 357 g/mol. The largest absolute Gasteiger partial charge is 0.440 e. The minimum absolute atomic E-state index is 0.131. The van der Waals surface area contributed by atoms with E-state index in [1.807, 2.05) is 13.0 Å². The first kappa shape index (κ1) is 15.0. The average Bonchev–Trinajstić information content (AvgIpc) is 2.77. The first-order valence-corrected chi connectivity index (χ1v) is 7.39. The Kier molecular flexibility index (Phi) is 4.42. The van der Waals surface area contributed by atoms with Crippen molar-refractivity contribution in [3.05, 3.63) is 49.3 Å². The highest BCUT2D eigenvalue weighted by atomic mass is 79.9. The van der Waals surface area contributed by atoms with Gasteiger partial charge in [-0.15, -0.1) is 0 Å². The second-order valence-electron chi connectivity index (χ2n) is 4.27. The standard InChI is InChI=1S/C13H12BrNO4S/c1-7-5-9(14)3-4-11(7)19-13-10(15(17)18)6-12(20-13)8(2)16/h3-6,8,16H,1-2H3. The van der Waals surface area contributed by atoms with Crippen molar-refractivity contribution in [3.63, 3.8) is 0 Å². The SMILES string of the molecule is Cc1cc(Br)ccc1Oc1sc(C(C)O)cc1[N+](=O)[O-]. The van der Waals surface area contributed by atoms with Crippen LogP contribution in [0.15, 0.2) is 28.7 Å². The molecule has 0 aliphatic heterocycles. The van der Waals surface area contributed by atoms with Crippen molar-refractivity contribution >= 4 is 33.0 Å². The van der Waals surface area contributed by atoms with Crippen LogP contribution < -0.4 is 4.74 Å². The number of ether oxygens (including phenoxy) is 1. The van der Waals surface area contributed by atoms with E-state index in [1.54, 1.807) is 19.1 Å². The molecule has 0 saturated heterocycles. The topological polar surface area (TPSA) is 72.6 Å². The van der Waals surface area contributed by atoms with Crippen LogP contribution in [-0.2, 0) is 0 Å². The maximum Gasteiger partial charge on any atom is 0.323 e. The lowest BCUT2D eigenvalue weighted by molar-refractivity contribution is -0.385. The molecule has 106 valence electrons. The fourth-order valence-electron chi connectivity index (χ4n) is 1.62. The van der Waals surface area contributed by atoms with Gasteiger partial charge in [0.1, 0.15) is 5.75 Å². The Morgan fingerprint density at radius 2 is 2.15 bits per heavy atom. The molecule has 20 heavy (non-hydrogen) atoms. The van der Waals surface area contributed by atoms with Gasteiger partial charge in [-0.05, 0) is 37.6 Å². The molecular formula is C13H12BrNO4S. The Balaban J connectivity index is 2.39. The number of hydrogen-bond donors (Lipinski definition) is 1. The third kappa shape index (κ3) is 3.17. The van der Waals surface area contributed by atoms with Crippen LogP contribution in [0.3, 0.4) is 0 Å². The summed E-state index contributed by atoms with van der Waals surface area (Å²) in [5.74, 6) is 0.551. The van der Waals surface area contributed by atoms with Crippen LogP contribution in [0.5, 0.6) is 10.8 Å².